The number of nitrogen functional groups attached to an aromatic ring is 1. The van der Waals surface area contributed by atoms with Crippen LogP contribution >= 0.6 is 0 Å². The number of halogens is 1. The highest BCUT2D eigenvalue weighted by Gasteiger charge is 2.07. The first-order chi connectivity index (χ1) is 9.04. The molecule has 0 saturated carbocycles. The molecule has 1 aromatic heterocycles. The summed E-state index contributed by atoms with van der Waals surface area (Å²) in [5.74, 6) is 0.481. The second-order valence-electron chi connectivity index (χ2n) is 4.83. The van der Waals surface area contributed by atoms with Crippen LogP contribution in [-0.2, 0) is 6.42 Å². The number of benzene rings is 1. The quantitative estimate of drug-likeness (QED) is 0.886. The maximum absolute atomic E-state index is 12.8. The summed E-state index contributed by atoms with van der Waals surface area (Å²) in [6, 6.07) is 8.59. The normalized spacial score (nSPS) is 12.2. The molecule has 19 heavy (non-hydrogen) atoms. The van der Waals surface area contributed by atoms with Gasteiger partial charge in [-0.1, -0.05) is 12.1 Å². The minimum Gasteiger partial charge on any atom is -0.396 e. The molecule has 2 rings (SSSR count). The minimum absolute atomic E-state index is 0.169. The molecule has 1 aromatic carbocycles. The summed E-state index contributed by atoms with van der Waals surface area (Å²) in [4.78, 5) is 4.28. The van der Waals surface area contributed by atoms with Gasteiger partial charge in [-0.25, -0.2) is 9.37 Å². The highest BCUT2D eigenvalue weighted by Crippen LogP contribution is 2.17. The van der Waals surface area contributed by atoms with Crippen molar-refractivity contribution in [3.05, 3.63) is 53.5 Å². The summed E-state index contributed by atoms with van der Waals surface area (Å²) in [5.41, 5.74) is 8.67. The number of nitrogens with one attached hydrogen (secondary N) is 1. The fourth-order valence-electron chi connectivity index (χ4n) is 1.97. The monoisotopic (exact) mass is 259 g/mol. The van der Waals surface area contributed by atoms with E-state index in [0.29, 0.717) is 11.5 Å². The predicted molar refractivity (Wildman–Crippen MR) is 76.6 cm³/mol. The Morgan fingerprint density at radius 1 is 1.32 bits per heavy atom. The minimum atomic E-state index is -0.214. The highest BCUT2D eigenvalue weighted by molar-refractivity contribution is 5.62. The Kier molecular flexibility index (Phi) is 4.00. The van der Waals surface area contributed by atoms with Crippen molar-refractivity contribution in [1.29, 1.82) is 0 Å². The van der Waals surface area contributed by atoms with Gasteiger partial charge in [0.05, 0.1) is 5.69 Å². The molecule has 0 saturated heterocycles. The Hall–Kier alpha value is -2.10. The molecule has 4 heteroatoms. The van der Waals surface area contributed by atoms with Gasteiger partial charge in [-0.2, -0.15) is 0 Å². The lowest BCUT2D eigenvalue weighted by molar-refractivity contribution is 0.626. The van der Waals surface area contributed by atoms with E-state index in [1.165, 1.54) is 12.1 Å². The number of nitrogens with zero attached hydrogens (tertiary/aromatic N) is 1. The molecule has 0 amide bonds. The molecule has 3 nitrogen and oxygen atoms in total. The predicted octanol–water partition coefficient (Wildman–Crippen LogP) is 3.15. The zero-order chi connectivity index (χ0) is 13.8. The zero-order valence-corrected chi connectivity index (χ0v) is 11.2. The Morgan fingerprint density at radius 2 is 2.00 bits per heavy atom. The van der Waals surface area contributed by atoms with E-state index in [4.69, 9.17) is 5.73 Å². The van der Waals surface area contributed by atoms with Crippen LogP contribution in [0.25, 0.3) is 0 Å². The standard InChI is InChI=1S/C15H18FN3/c1-10-7-14(17)15(18-9-10)19-11(2)8-12-3-5-13(16)6-4-12/h3-7,9,11H,8,17H2,1-2H3,(H,18,19). The molecule has 0 aliphatic rings. The molecule has 0 fully saturated rings. The van der Waals surface area contributed by atoms with E-state index >= 15 is 0 Å². The van der Waals surface area contributed by atoms with E-state index in [1.54, 1.807) is 18.3 Å². The lowest BCUT2D eigenvalue weighted by Crippen LogP contribution is -2.19. The Bertz CT molecular complexity index is 552. The molecule has 0 bridgehead atoms. The molecule has 2 aromatic rings. The highest BCUT2D eigenvalue weighted by atomic mass is 19.1. The molecule has 1 atom stereocenters. The number of pyridine rings is 1. The van der Waals surface area contributed by atoms with Crippen molar-refractivity contribution in [3.8, 4) is 0 Å². The van der Waals surface area contributed by atoms with Crippen molar-refractivity contribution in [2.75, 3.05) is 11.1 Å². The van der Waals surface area contributed by atoms with Crippen LogP contribution < -0.4 is 11.1 Å². The van der Waals surface area contributed by atoms with Crippen LogP contribution in [0.5, 0.6) is 0 Å². The van der Waals surface area contributed by atoms with Crippen molar-refractivity contribution < 1.29 is 4.39 Å². The number of hydrogen-bond donors (Lipinski definition) is 2. The summed E-state index contributed by atoms with van der Waals surface area (Å²) < 4.78 is 12.8. The van der Waals surface area contributed by atoms with Crippen LogP contribution in [0, 0.1) is 12.7 Å². The Labute approximate surface area is 112 Å². The molecule has 1 heterocycles. The van der Waals surface area contributed by atoms with Crippen LogP contribution in [0.3, 0.4) is 0 Å². The van der Waals surface area contributed by atoms with E-state index in [9.17, 15) is 4.39 Å². The largest absolute Gasteiger partial charge is 0.396 e. The van der Waals surface area contributed by atoms with Gasteiger partial charge in [0.15, 0.2) is 0 Å². The first-order valence-corrected chi connectivity index (χ1v) is 6.27. The molecule has 0 aliphatic heterocycles. The lowest BCUT2D eigenvalue weighted by atomic mass is 10.1. The number of aryl methyl sites for hydroxylation is 1. The zero-order valence-electron chi connectivity index (χ0n) is 11.2. The molecule has 3 N–H and O–H groups in total. The van der Waals surface area contributed by atoms with Crippen LogP contribution in [0.2, 0.25) is 0 Å². The summed E-state index contributed by atoms with van der Waals surface area (Å²) in [6.45, 7) is 4.00. The number of rotatable bonds is 4. The molecule has 0 spiro atoms. The van der Waals surface area contributed by atoms with Crippen molar-refractivity contribution in [3.63, 3.8) is 0 Å². The smallest absolute Gasteiger partial charge is 0.149 e. The van der Waals surface area contributed by atoms with Gasteiger partial charge in [0.2, 0.25) is 0 Å². The molecule has 1 unspecified atom stereocenters. The van der Waals surface area contributed by atoms with E-state index in [2.05, 4.69) is 10.3 Å². The van der Waals surface area contributed by atoms with Crippen molar-refractivity contribution >= 4 is 11.5 Å². The first kappa shape index (κ1) is 13.3. The summed E-state index contributed by atoms with van der Waals surface area (Å²) >= 11 is 0. The first-order valence-electron chi connectivity index (χ1n) is 6.27. The second kappa shape index (κ2) is 5.69. The van der Waals surface area contributed by atoms with Crippen LogP contribution in [0.4, 0.5) is 15.9 Å². The lowest BCUT2D eigenvalue weighted by Gasteiger charge is -2.16. The fraction of sp³-hybridized carbons (Fsp3) is 0.267. The topological polar surface area (TPSA) is 50.9 Å². The van der Waals surface area contributed by atoms with Crippen LogP contribution in [0.1, 0.15) is 18.1 Å². The number of hydrogen-bond acceptors (Lipinski definition) is 3. The van der Waals surface area contributed by atoms with Crippen molar-refractivity contribution in [2.45, 2.75) is 26.3 Å². The van der Waals surface area contributed by atoms with E-state index in [0.717, 1.165) is 17.5 Å². The number of aromatic nitrogens is 1. The molecule has 100 valence electrons. The van der Waals surface area contributed by atoms with Crippen molar-refractivity contribution in [2.24, 2.45) is 0 Å². The summed E-state index contributed by atoms with van der Waals surface area (Å²) in [5, 5.41) is 3.27. The average Bonchev–Trinajstić information content (AvgIpc) is 2.36. The average molecular weight is 259 g/mol. The maximum Gasteiger partial charge on any atom is 0.149 e. The van der Waals surface area contributed by atoms with Gasteiger partial charge in [0.25, 0.3) is 0 Å². The van der Waals surface area contributed by atoms with Gasteiger partial charge in [0, 0.05) is 12.2 Å². The molecule has 0 radical (unpaired) electrons. The SMILES string of the molecule is Cc1cnc(NC(C)Cc2ccc(F)cc2)c(N)c1. The number of nitrogens with two attached hydrogens (primary N) is 1. The summed E-state index contributed by atoms with van der Waals surface area (Å²) in [6.07, 6.45) is 2.57. The van der Waals surface area contributed by atoms with E-state index in [-0.39, 0.29) is 11.9 Å². The van der Waals surface area contributed by atoms with Gasteiger partial charge in [-0.3, -0.25) is 0 Å². The van der Waals surface area contributed by atoms with Gasteiger partial charge in [-0.15, -0.1) is 0 Å². The number of anilines is 2. The van der Waals surface area contributed by atoms with Gasteiger partial charge in [-0.05, 0) is 49.6 Å². The molecular weight excluding hydrogens is 241 g/mol. The fourth-order valence-corrected chi connectivity index (χ4v) is 1.97. The van der Waals surface area contributed by atoms with E-state index in [1.807, 2.05) is 19.9 Å². The van der Waals surface area contributed by atoms with Gasteiger partial charge >= 0.3 is 0 Å². The Morgan fingerprint density at radius 3 is 2.63 bits per heavy atom. The van der Waals surface area contributed by atoms with Gasteiger partial charge < -0.3 is 11.1 Å². The van der Waals surface area contributed by atoms with Crippen LogP contribution in [-0.4, -0.2) is 11.0 Å². The Balaban J connectivity index is 2.01. The molecule has 0 aliphatic carbocycles. The van der Waals surface area contributed by atoms with Crippen molar-refractivity contribution in [1.82, 2.24) is 4.98 Å². The summed E-state index contributed by atoms with van der Waals surface area (Å²) in [7, 11) is 0. The third kappa shape index (κ3) is 3.68. The molecular formula is C15H18FN3. The second-order valence-corrected chi connectivity index (χ2v) is 4.83. The van der Waals surface area contributed by atoms with Gasteiger partial charge in [0.1, 0.15) is 11.6 Å². The third-order valence-corrected chi connectivity index (χ3v) is 2.89. The van der Waals surface area contributed by atoms with Crippen LogP contribution in [0.15, 0.2) is 36.5 Å². The van der Waals surface area contributed by atoms with E-state index < -0.39 is 0 Å². The third-order valence-electron chi connectivity index (χ3n) is 2.89. The maximum atomic E-state index is 12.8.